The number of quaternary nitrogens is 1. The lowest BCUT2D eigenvalue weighted by molar-refractivity contribution is -0.917. The second kappa shape index (κ2) is 8.43. The zero-order chi connectivity index (χ0) is 17.6. The number of non-ortho nitro benzene ring substituents is 1. The normalized spacial score (nSPS) is 19.3. The molecule has 6 heteroatoms. The number of hydrogen-bond acceptors (Lipinski definition) is 3. The van der Waals surface area contributed by atoms with Gasteiger partial charge in [-0.3, -0.25) is 14.9 Å². The second-order valence-corrected chi connectivity index (χ2v) is 7.42. The van der Waals surface area contributed by atoms with Gasteiger partial charge in [-0.15, -0.1) is 0 Å². The minimum atomic E-state index is -0.368. The van der Waals surface area contributed by atoms with Crippen LogP contribution >= 0.6 is 0 Å². The van der Waals surface area contributed by atoms with E-state index in [-0.39, 0.29) is 10.6 Å². The molecule has 6 nitrogen and oxygen atoms in total. The summed E-state index contributed by atoms with van der Waals surface area (Å²) in [6, 6.07) is 6.81. The lowest BCUT2D eigenvalue weighted by atomic mass is 10.0. The molecular weight excluding hydrogens is 318 g/mol. The number of carbonyl (C=O) groups is 1. The van der Waals surface area contributed by atoms with Crippen LogP contribution in [0.5, 0.6) is 0 Å². The number of carbonyl (C=O) groups excluding carboxylic acids is 1. The Morgan fingerprint density at radius 2 is 1.80 bits per heavy atom. The molecule has 1 N–H and O–H groups in total. The highest BCUT2D eigenvalue weighted by atomic mass is 16.6. The van der Waals surface area contributed by atoms with Gasteiger partial charge in [-0.2, -0.15) is 0 Å². The number of piperazine rings is 1. The van der Waals surface area contributed by atoms with Crippen LogP contribution in [0.15, 0.2) is 24.3 Å². The van der Waals surface area contributed by atoms with E-state index in [2.05, 4.69) is 0 Å². The Morgan fingerprint density at radius 1 is 1.16 bits per heavy atom. The smallest absolute Gasteiger partial charge is 0.269 e. The molecule has 1 aliphatic carbocycles. The molecule has 3 rings (SSSR count). The Kier molecular flexibility index (Phi) is 6.02. The fourth-order valence-electron chi connectivity index (χ4n) is 4.06. The van der Waals surface area contributed by atoms with Crippen molar-refractivity contribution in [3.63, 3.8) is 0 Å². The molecule has 1 aliphatic heterocycles. The van der Waals surface area contributed by atoms with Gasteiger partial charge < -0.3 is 9.80 Å². The molecule has 25 heavy (non-hydrogen) atoms. The highest BCUT2D eigenvalue weighted by Gasteiger charge is 2.25. The van der Waals surface area contributed by atoms with E-state index in [0.29, 0.717) is 12.3 Å². The molecule has 2 fully saturated rings. The SMILES string of the molecule is O=C(CCC1CCCC1)N1CC[NH+](Cc2ccc([N+](=O)[O-])cc2)CC1. The Morgan fingerprint density at radius 3 is 2.40 bits per heavy atom. The number of nitrogens with zero attached hydrogens (tertiary/aromatic N) is 2. The number of nitro benzene ring substituents is 1. The molecule has 1 amide bonds. The van der Waals surface area contributed by atoms with E-state index in [4.69, 9.17) is 0 Å². The Labute approximate surface area is 148 Å². The van der Waals surface area contributed by atoms with Crippen molar-refractivity contribution in [3.8, 4) is 0 Å². The van der Waals surface area contributed by atoms with Crippen LogP contribution in [0, 0.1) is 16.0 Å². The van der Waals surface area contributed by atoms with E-state index < -0.39 is 0 Å². The molecule has 1 saturated heterocycles. The molecule has 0 radical (unpaired) electrons. The molecule has 0 atom stereocenters. The predicted octanol–water partition coefficient (Wildman–Crippen LogP) is 1.79. The summed E-state index contributed by atoms with van der Waals surface area (Å²) in [6.45, 7) is 4.41. The summed E-state index contributed by atoms with van der Waals surface area (Å²) in [7, 11) is 0. The monoisotopic (exact) mass is 346 g/mol. The van der Waals surface area contributed by atoms with Gasteiger partial charge in [-0.25, -0.2) is 0 Å². The van der Waals surface area contributed by atoms with Gasteiger partial charge in [-0.05, 0) is 24.5 Å². The van der Waals surface area contributed by atoms with Crippen molar-refractivity contribution in [2.75, 3.05) is 26.2 Å². The molecule has 0 aromatic heterocycles. The molecule has 0 bridgehead atoms. The van der Waals surface area contributed by atoms with Gasteiger partial charge in [0.1, 0.15) is 6.54 Å². The lowest BCUT2D eigenvalue weighted by Gasteiger charge is -2.32. The first-order valence-electron chi connectivity index (χ1n) is 9.46. The van der Waals surface area contributed by atoms with E-state index >= 15 is 0 Å². The summed E-state index contributed by atoms with van der Waals surface area (Å²) in [5.74, 6) is 1.10. The van der Waals surface area contributed by atoms with Gasteiger partial charge in [0, 0.05) is 24.1 Å². The van der Waals surface area contributed by atoms with Crippen molar-refractivity contribution in [3.05, 3.63) is 39.9 Å². The van der Waals surface area contributed by atoms with Gasteiger partial charge in [0.05, 0.1) is 31.1 Å². The first-order valence-corrected chi connectivity index (χ1v) is 9.46. The molecule has 1 aromatic rings. The molecule has 0 spiro atoms. The molecule has 1 saturated carbocycles. The zero-order valence-electron chi connectivity index (χ0n) is 14.8. The van der Waals surface area contributed by atoms with Crippen LogP contribution in [0.3, 0.4) is 0 Å². The number of hydrogen-bond donors (Lipinski definition) is 1. The average Bonchev–Trinajstić information content (AvgIpc) is 3.14. The van der Waals surface area contributed by atoms with Crippen LogP contribution < -0.4 is 4.90 Å². The molecule has 1 aromatic carbocycles. The van der Waals surface area contributed by atoms with Crippen LogP contribution in [-0.2, 0) is 11.3 Å². The van der Waals surface area contributed by atoms with Crippen molar-refractivity contribution in [2.24, 2.45) is 5.92 Å². The lowest BCUT2D eigenvalue weighted by Crippen LogP contribution is -3.13. The molecular formula is C19H28N3O3+. The summed E-state index contributed by atoms with van der Waals surface area (Å²) in [4.78, 5) is 26.2. The Bertz CT molecular complexity index is 588. The third-order valence-corrected chi connectivity index (χ3v) is 5.67. The van der Waals surface area contributed by atoms with Gasteiger partial charge in [-0.1, -0.05) is 25.7 Å². The maximum absolute atomic E-state index is 12.4. The van der Waals surface area contributed by atoms with E-state index in [1.54, 1.807) is 12.1 Å². The summed E-state index contributed by atoms with van der Waals surface area (Å²) < 4.78 is 0. The van der Waals surface area contributed by atoms with E-state index in [1.165, 1.54) is 30.6 Å². The highest BCUT2D eigenvalue weighted by Crippen LogP contribution is 2.28. The topological polar surface area (TPSA) is 67.9 Å². The second-order valence-electron chi connectivity index (χ2n) is 7.42. The van der Waals surface area contributed by atoms with E-state index in [0.717, 1.165) is 50.6 Å². The third-order valence-electron chi connectivity index (χ3n) is 5.67. The van der Waals surface area contributed by atoms with E-state index in [1.807, 2.05) is 17.0 Å². The minimum absolute atomic E-state index is 0.136. The van der Waals surface area contributed by atoms with Crippen LogP contribution in [0.1, 0.15) is 44.1 Å². The maximum atomic E-state index is 12.4. The standard InChI is InChI=1S/C19H27N3O3/c23-19(10-7-16-3-1-2-4-16)21-13-11-20(12-14-21)15-17-5-8-18(9-6-17)22(24)25/h5-6,8-9,16H,1-4,7,10-15H2/p+1. The minimum Gasteiger partial charge on any atom is -0.331 e. The fraction of sp³-hybridized carbons (Fsp3) is 0.632. The predicted molar refractivity (Wildman–Crippen MR) is 95.3 cm³/mol. The number of nitro groups is 1. The molecule has 1 heterocycles. The Balaban J connectivity index is 1.40. The van der Waals surface area contributed by atoms with Crippen LogP contribution in [0.2, 0.25) is 0 Å². The molecule has 136 valence electrons. The van der Waals surface area contributed by atoms with Crippen molar-refractivity contribution < 1.29 is 14.6 Å². The van der Waals surface area contributed by atoms with Crippen molar-refractivity contribution in [1.29, 1.82) is 0 Å². The van der Waals surface area contributed by atoms with Gasteiger partial charge in [0.2, 0.25) is 5.91 Å². The summed E-state index contributed by atoms with van der Waals surface area (Å²) >= 11 is 0. The molecule has 2 aliphatic rings. The Hall–Kier alpha value is -1.95. The summed E-state index contributed by atoms with van der Waals surface area (Å²) in [6.07, 6.45) is 7.06. The number of amides is 1. The number of rotatable bonds is 6. The first kappa shape index (κ1) is 17.9. The summed E-state index contributed by atoms with van der Waals surface area (Å²) in [5, 5.41) is 10.7. The largest absolute Gasteiger partial charge is 0.331 e. The third kappa shape index (κ3) is 5.01. The van der Waals surface area contributed by atoms with Gasteiger partial charge in [0.25, 0.3) is 5.69 Å². The number of benzene rings is 1. The van der Waals surface area contributed by atoms with Crippen LogP contribution in [-0.4, -0.2) is 41.9 Å². The van der Waals surface area contributed by atoms with E-state index in [9.17, 15) is 14.9 Å². The average molecular weight is 346 g/mol. The molecule has 0 unspecified atom stereocenters. The van der Waals surface area contributed by atoms with Crippen molar-refractivity contribution in [1.82, 2.24) is 4.90 Å². The van der Waals surface area contributed by atoms with Crippen molar-refractivity contribution in [2.45, 2.75) is 45.1 Å². The zero-order valence-corrected chi connectivity index (χ0v) is 14.8. The van der Waals surface area contributed by atoms with Crippen molar-refractivity contribution >= 4 is 11.6 Å². The van der Waals surface area contributed by atoms with Gasteiger partial charge >= 0.3 is 0 Å². The fourth-order valence-corrected chi connectivity index (χ4v) is 4.06. The van der Waals surface area contributed by atoms with Crippen LogP contribution in [0.25, 0.3) is 0 Å². The quantitative estimate of drug-likeness (QED) is 0.631. The number of nitrogens with one attached hydrogen (secondary N) is 1. The summed E-state index contributed by atoms with van der Waals surface area (Å²) in [5.41, 5.74) is 1.25. The van der Waals surface area contributed by atoms with Crippen LogP contribution in [0.4, 0.5) is 5.69 Å². The maximum Gasteiger partial charge on any atom is 0.269 e. The van der Waals surface area contributed by atoms with Gasteiger partial charge in [0.15, 0.2) is 0 Å². The first-order chi connectivity index (χ1) is 12.1. The highest BCUT2D eigenvalue weighted by molar-refractivity contribution is 5.76.